The second-order valence-electron chi connectivity index (χ2n) is 2.84. The summed E-state index contributed by atoms with van der Waals surface area (Å²) in [5, 5.41) is 2.98. The summed E-state index contributed by atoms with van der Waals surface area (Å²) in [7, 11) is 0. The van der Waals surface area contributed by atoms with Crippen molar-refractivity contribution >= 4 is 5.69 Å². The largest absolute Gasteiger partial charge is 0.265 e. The maximum atomic E-state index is 10.5. The van der Waals surface area contributed by atoms with Gasteiger partial charge in [-0.15, -0.1) is 4.91 Å². The molecule has 0 saturated carbocycles. The molecule has 14 heavy (non-hydrogen) atoms. The minimum atomic E-state index is 0.457. The Morgan fingerprint density at radius 1 is 1.00 bits per heavy atom. The van der Waals surface area contributed by atoms with E-state index in [4.69, 9.17) is 0 Å². The van der Waals surface area contributed by atoms with Crippen LogP contribution in [0.1, 0.15) is 0 Å². The number of benzene rings is 1. The van der Waals surface area contributed by atoms with E-state index in [0.29, 0.717) is 5.69 Å². The Hall–Kier alpha value is -2.03. The molecule has 0 atom stereocenters. The van der Waals surface area contributed by atoms with Gasteiger partial charge >= 0.3 is 0 Å². The Morgan fingerprint density at radius 3 is 2.43 bits per heavy atom. The van der Waals surface area contributed by atoms with Gasteiger partial charge in [0, 0.05) is 18.0 Å². The van der Waals surface area contributed by atoms with Crippen molar-refractivity contribution in [1.29, 1.82) is 0 Å². The van der Waals surface area contributed by atoms with Crippen molar-refractivity contribution in [3.63, 3.8) is 0 Å². The molecule has 0 spiro atoms. The lowest BCUT2D eigenvalue weighted by Gasteiger charge is -2.01. The summed E-state index contributed by atoms with van der Waals surface area (Å²) in [5.74, 6) is 0. The van der Waals surface area contributed by atoms with Gasteiger partial charge < -0.3 is 0 Å². The van der Waals surface area contributed by atoms with E-state index in [0.717, 1.165) is 11.1 Å². The first-order chi connectivity index (χ1) is 6.92. The zero-order chi connectivity index (χ0) is 9.80. The molecule has 2 rings (SSSR count). The monoisotopic (exact) mass is 184 g/mol. The maximum absolute atomic E-state index is 10.5. The molecule has 68 valence electrons. The highest BCUT2D eigenvalue weighted by molar-refractivity contribution is 5.75. The predicted molar refractivity (Wildman–Crippen MR) is 55.1 cm³/mol. The molecule has 0 aliphatic heterocycles. The summed E-state index contributed by atoms with van der Waals surface area (Å²) in [6.45, 7) is 0. The van der Waals surface area contributed by atoms with Crippen molar-refractivity contribution in [2.45, 2.75) is 0 Å². The molecule has 0 fully saturated rings. The first kappa shape index (κ1) is 8.56. The van der Waals surface area contributed by atoms with E-state index in [9.17, 15) is 4.91 Å². The third-order valence-electron chi connectivity index (χ3n) is 1.99. The van der Waals surface area contributed by atoms with Crippen LogP contribution >= 0.6 is 0 Å². The van der Waals surface area contributed by atoms with Gasteiger partial charge in [0.05, 0.1) is 0 Å². The van der Waals surface area contributed by atoms with Crippen LogP contribution in [0.2, 0.25) is 0 Å². The lowest BCUT2D eigenvalue weighted by atomic mass is 10.1. The van der Waals surface area contributed by atoms with E-state index < -0.39 is 0 Å². The molecule has 0 aliphatic rings. The van der Waals surface area contributed by atoms with E-state index in [2.05, 4.69) is 10.2 Å². The summed E-state index contributed by atoms with van der Waals surface area (Å²) in [6, 6.07) is 10.9. The third-order valence-corrected chi connectivity index (χ3v) is 1.99. The third kappa shape index (κ3) is 1.52. The van der Waals surface area contributed by atoms with Gasteiger partial charge in [-0.05, 0) is 28.9 Å². The molecule has 0 unspecified atom stereocenters. The van der Waals surface area contributed by atoms with Crippen molar-refractivity contribution in [2.75, 3.05) is 0 Å². The highest BCUT2D eigenvalue weighted by Gasteiger charge is 2.02. The van der Waals surface area contributed by atoms with Gasteiger partial charge in [0.25, 0.3) is 0 Å². The lowest BCUT2D eigenvalue weighted by molar-refractivity contribution is 1.33. The second-order valence-corrected chi connectivity index (χ2v) is 2.84. The van der Waals surface area contributed by atoms with Crippen LogP contribution in [0.3, 0.4) is 0 Å². The van der Waals surface area contributed by atoms with Gasteiger partial charge in [0.2, 0.25) is 0 Å². The summed E-state index contributed by atoms with van der Waals surface area (Å²) >= 11 is 0. The summed E-state index contributed by atoms with van der Waals surface area (Å²) in [5.41, 5.74) is 2.25. The molecule has 0 N–H and O–H groups in total. The number of nitroso groups, excluding NO2 is 1. The molecular weight excluding hydrogens is 176 g/mol. The fourth-order valence-corrected chi connectivity index (χ4v) is 1.33. The van der Waals surface area contributed by atoms with E-state index in [1.54, 1.807) is 24.5 Å². The highest BCUT2D eigenvalue weighted by atomic mass is 16.3. The van der Waals surface area contributed by atoms with Gasteiger partial charge in [-0.1, -0.05) is 18.2 Å². The van der Waals surface area contributed by atoms with E-state index in [-0.39, 0.29) is 0 Å². The summed E-state index contributed by atoms with van der Waals surface area (Å²) < 4.78 is 0. The van der Waals surface area contributed by atoms with E-state index in [1.165, 1.54) is 0 Å². The smallest absolute Gasteiger partial charge is 0.115 e. The molecule has 0 saturated heterocycles. The van der Waals surface area contributed by atoms with Crippen LogP contribution in [0.4, 0.5) is 5.69 Å². The average Bonchev–Trinajstić information content (AvgIpc) is 2.30. The van der Waals surface area contributed by atoms with Crippen LogP contribution in [0.25, 0.3) is 11.1 Å². The molecule has 1 heterocycles. The van der Waals surface area contributed by atoms with Crippen LogP contribution < -0.4 is 0 Å². The zero-order valence-corrected chi connectivity index (χ0v) is 7.42. The summed E-state index contributed by atoms with van der Waals surface area (Å²) in [4.78, 5) is 14.5. The lowest BCUT2D eigenvalue weighted by Crippen LogP contribution is -1.78. The van der Waals surface area contributed by atoms with Gasteiger partial charge in [-0.3, -0.25) is 4.98 Å². The first-order valence-corrected chi connectivity index (χ1v) is 4.24. The maximum Gasteiger partial charge on any atom is 0.115 e. The molecule has 3 heteroatoms. The quantitative estimate of drug-likeness (QED) is 0.673. The molecule has 0 radical (unpaired) electrons. The molecule has 2 aromatic rings. The average molecular weight is 184 g/mol. The second kappa shape index (κ2) is 3.79. The Bertz CT molecular complexity index is 440. The van der Waals surface area contributed by atoms with Gasteiger partial charge in [-0.25, -0.2) is 0 Å². The van der Waals surface area contributed by atoms with E-state index >= 15 is 0 Å². The standard InChI is InChI=1S/C11H8N2O/c14-13-11-4-2-1-3-10(11)9-5-7-12-8-6-9/h1-8H. The number of nitrogens with zero attached hydrogens (tertiary/aromatic N) is 2. The van der Waals surface area contributed by atoms with Crippen molar-refractivity contribution in [3.05, 3.63) is 53.7 Å². The van der Waals surface area contributed by atoms with Crippen molar-refractivity contribution < 1.29 is 0 Å². The number of rotatable bonds is 2. The topological polar surface area (TPSA) is 42.3 Å². The van der Waals surface area contributed by atoms with Crippen LogP contribution in [0.15, 0.2) is 54.0 Å². The molecule has 3 nitrogen and oxygen atoms in total. The van der Waals surface area contributed by atoms with Gasteiger partial charge in [0.15, 0.2) is 0 Å². The van der Waals surface area contributed by atoms with Crippen LogP contribution in [-0.4, -0.2) is 4.98 Å². The molecular formula is C11H8N2O. The Kier molecular flexibility index (Phi) is 2.32. The molecule has 0 aliphatic carbocycles. The van der Waals surface area contributed by atoms with E-state index in [1.807, 2.05) is 24.3 Å². The fourth-order valence-electron chi connectivity index (χ4n) is 1.33. The van der Waals surface area contributed by atoms with Crippen molar-refractivity contribution in [1.82, 2.24) is 4.98 Å². The Balaban J connectivity index is 2.57. The van der Waals surface area contributed by atoms with Gasteiger partial charge in [-0.2, -0.15) is 0 Å². The normalized spacial score (nSPS) is 9.71. The van der Waals surface area contributed by atoms with Crippen molar-refractivity contribution in [3.8, 4) is 11.1 Å². The van der Waals surface area contributed by atoms with Crippen molar-refractivity contribution in [2.24, 2.45) is 5.18 Å². The highest BCUT2D eigenvalue weighted by Crippen LogP contribution is 2.28. The number of pyridine rings is 1. The Labute approximate surface area is 81.4 Å². The van der Waals surface area contributed by atoms with Crippen LogP contribution in [-0.2, 0) is 0 Å². The van der Waals surface area contributed by atoms with Crippen LogP contribution in [0, 0.1) is 4.91 Å². The minimum Gasteiger partial charge on any atom is -0.265 e. The number of hydrogen-bond donors (Lipinski definition) is 0. The molecule has 0 amide bonds. The molecule has 1 aromatic heterocycles. The fraction of sp³-hybridized carbons (Fsp3) is 0. The minimum absolute atomic E-state index is 0.457. The SMILES string of the molecule is O=Nc1ccccc1-c1ccncc1. The zero-order valence-electron chi connectivity index (χ0n) is 7.42. The summed E-state index contributed by atoms with van der Waals surface area (Å²) in [6.07, 6.45) is 3.38. The first-order valence-electron chi connectivity index (χ1n) is 4.24. The molecule has 0 bridgehead atoms. The number of aromatic nitrogens is 1. The Morgan fingerprint density at radius 2 is 1.71 bits per heavy atom. The number of hydrogen-bond acceptors (Lipinski definition) is 3. The van der Waals surface area contributed by atoms with Gasteiger partial charge in [0.1, 0.15) is 5.69 Å². The van der Waals surface area contributed by atoms with Crippen LogP contribution in [0.5, 0.6) is 0 Å². The predicted octanol–water partition coefficient (Wildman–Crippen LogP) is 3.15. The molecule has 1 aromatic carbocycles.